The first-order valence-electron chi connectivity index (χ1n) is 6.29. The molecule has 3 heterocycles. The minimum absolute atomic E-state index is 0.0422. The van der Waals surface area contributed by atoms with Gasteiger partial charge in [0.2, 0.25) is 0 Å². The van der Waals surface area contributed by atoms with E-state index < -0.39 is 0 Å². The Morgan fingerprint density at radius 1 is 1.33 bits per heavy atom. The van der Waals surface area contributed by atoms with Crippen molar-refractivity contribution in [3.8, 4) is 0 Å². The number of halogens is 1. The van der Waals surface area contributed by atoms with Crippen molar-refractivity contribution in [3.63, 3.8) is 0 Å². The first-order chi connectivity index (χ1) is 8.76. The highest BCUT2D eigenvalue weighted by molar-refractivity contribution is 9.18. The number of likely N-dealkylation sites (tertiary alicyclic amines) is 1. The van der Waals surface area contributed by atoms with Crippen LogP contribution < -0.4 is 0 Å². The second-order valence-corrected chi connectivity index (χ2v) is 5.93. The van der Waals surface area contributed by atoms with Crippen LogP contribution in [0.5, 0.6) is 0 Å². The van der Waals surface area contributed by atoms with E-state index in [-0.39, 0.29) is 5.60 Å². The van der Waals surface area contributed by atoms with Crippen molar-refractivity contribution < 1.29 is 4.84 Å². The molecule has 1 aromatic heterocycles. The van der Waals surface area contributed by atoms with Crippen LogP contribution in [-0.4, -0.2) is 33.2 Å². The average molecular weight is 310 g/mol. The molecule has 2 aliphatic heterocycles. The zero-order chi connectivity index (χ0) is 12.4. The van der Waals surface area contributed by atoms with Crippen LogP contribution in [0.15, 0.2) is 29.6 Å². The van der Waals surface area contributed by atoms with E-state index in [1.54, 1.807) is 0 Å². The van der Waals surface area contributed by atoms with Crippen LogP contribution in [0.25, 0.3) is 0 Å². The summed E-state index contributed by atoms with van der Waals surface area (Å²) in [6, 6.07) is 6.07. The Bertz CT molecular complexity index is 441. The standard InChI is InChI=1S/C13H16BrN3O/c14-12-9-13(18-16-12)4-7-17(8-5-13)10-11-3-1-2-6-15-11/h1-3,6H,4-5,7-10H2. The fourth-order valence-electron chi connectivity index (χ4n) is 2.58. The van der Waals surface area contributed by atoms with Crippen LogP contribution in [0, 0.1) is 0 Å². The second kappa shape index (κ2) is 4.97. The summed E-state index contributed by atoms with van der Waals surface area (Å²) < 4.78 is 0.945. The summed E-state index contributed by atoms with van der Waals surface area (Å²) in [6.07, 6.45) is 4.85. The van der Waals surface area contributed by atoms with Crippen molar-refractivity contribution >= 4 is 20.6 Å². The van der Waals surface area contributed by atoms with Gasteiger partial charge in [0.15, 0.2) is 0 Å². The SMILES string of the molecule is BrC1=NOC2(CCN(Cc3ccccn3)CC2)C1. The molecule has 0 aliphatic carbocycles. The van der Waals surface area contributed by atoms with Gasteiger partial charge in [0.1, 0.15) is 10.2 Å². The second-order valence-electron chi connectivity index (χ2n) is 5.02. The molecule has 0 saturated carbocycles. The molecule has 96 valence electrons. The molecule has 0 unspecified atom stereocenters. The summed E-state index contributed by atoms with van der Waals surface area (Å²) in [7, 11) is 0. The lowest BCUT2D eigenvalue weighted by Gasteiger charge is -2.36. The molecule has 1 spiro atoms. The predicted molar refractivity (Wildman–Crippen MR) is 73.5 cm³/mol. The van der Waals surface area contributed by atoms with Gasteiger partial charge in [-0.2, -0.15) is 0 Å². The molecule has 0 atom stereocenters. The van der Waals surface area contributed by atoms with Crippen molar-refractivity contribution in [3.05, 3.63) is 30.1 Å². The Kier molecular flexibility index (Phi) is 3.35. The maximum Gasteiger partial charge on any atom is 0.146 e. The fraction of sp³-hybridized carbons (Fsp3) is 0.538. The van der Waals surface area contributed by atoms with E-state index >= 15 is 0 Å². The molecule has 0 amide bonds. The average Bonchev–Trinajstić information content (AvgIpc) is 2.75. The molecule has 0 bridgehead atoms. The van der Waals surface area contributed by atoms with E-state index in [0.29, 0.717) is 0 Å². The Morgan fingerprint density at radius 2 is 2.17 bits per heavy atom. The molecule has 4 nitrogen and oxygen atoms in total. The predicted octanol–water partition coefficient (Wildman–Crippen LogP) is 2.54. The van der Waals surface area contributed by atoms with Crippen molar-refractivity contribution in [1.82, 2.24) is 9.88 Å². The summed E-state index contributed by atoms with van der Waals surface area (Å²) in [5.74, 6) is 0. The lowest BCUT2D eigenvalue weighted by atomic mass is 9.89. The highest BCUT2D eigenvalue weighted by Crippen LogP contribution is 2.36. The highest BCUT2D eigenvalue weighted by atomic mass is 79.9. The summed E-state index contributed by atoms with van der Waals surface area (Å²) in [5, 5.41) is 4.02. The van der Waals surface area contributed by atoms with Gasteiger partial charge >= 0.3 is 0 Å². The Morgan fingerprint density at radius 3 is 2.78 bits per heavy atom. The third kappa shape index (κ3) is 2.57. The third-order valence-corrected chi connectivity index (χ3v) is 4.11. The van der Waals surface area contributed by atoms with E-state index in [0.717, 1.165) is 49.2 Å². The number of nitrogens with zero attached hydrogens (tertiary/aromatic N) is 3. The zero-order valence-corrected chi connectivity index (χ0v) is 11.8. The van der Waals surface area contributed by atoms with Gasteiger partial charge < -0.3 is 4.84 Å². The van der Waals surface area contributed by atoms with E-state index in [4.69, 9.17) is 4.84 Å². The van der Waals surface area contributed by atoms with E-state index in [2.05, 4.69) is 37.0 Å². The minimum atomic E-state index is -0.0422. The van der Waals surface area contributed by atoms with Crippen LogP contribution in [-0.2, 0) is 11.4 Å². The van der Waals surface area contributed by atoms with Crippen LogP contribution >= 0.6 is 15.9 Å². The van der Waals surface area contributed by atoms with Crippen LogP contribution in [0.3, 0.4) is 0 Å². The molecule has 0 aromatic carbocycles. The Labute approximate surface area is 115 Å². The summed E-state index contributed by atoms with van der Waals surface area (Å²) in [4.78, 5) is 12.4. The molecule has 18 heavy (non-hydrogen) atoms. The first kappa shape index (κ1) is 12.1. The molecule has 3 rings (SSSR count). The molecule has 0 radical (unpaired) electrons. The van der Waals surface area contributed by atoms with Crippen LogP contribution in [0.2, 0.25) is 0 Å². The highest BCUT2D eigenvalue weighted by Gasteiger charge is 2.41. The monoisotopic (exact) mass is 309 g/mol. The third-order valence-electron chi connectivity index (χ3n) is 3.69. The quantitative estimate of drug-likeness (QED) is 0.842. The van der Waals surface area contributed by atoms with Crippen molar-refractivity contribution in [2.45, 2.75) is 31.4 Å². The lowest BCUT2D eigenvalue weighted by molar-refractivity contribution is -0.0628. The molecule has 2 aliphatic rings. The number of hydrogen-bond acceptors (Lipinski definition) is 4. The van der Waals surface area contributed by atoms with Crippen LogP contribution in [0.4, 0.5) is 0 Å². The lowest BCUT2D eigenvalue weighted by Crippen LogP contribution is -2.44. The van der Waals surface area contributed by atoms with E-state index in [1.807, 2.05) is 18.3 Å². The smallest absolute Gasteiger partial charge is 0.146 e. The molecule has 1 aromatic rings. The first-order valence-corrected chi connectivity index (χ1v) is 7.08. The normalized spacial score (nSPS) is 22.8. The number of rotatable bonds is 2. The van der Waals surface area contributed by atoms with E-state index in [9.17, 15) is 0 Å². The fourth-order valence-corrected chi connectivity index (χ4v) is 3.17. The van der Waals surface area contributed by atoms with Gasteiger partial charge in [-0.1, -0.05) is 11.2 Å². The van der Waals surface area contributed by atoms with Gasteiger partial charge in [-0.3, -0.25) is 9.88 Å². The van der Waals surface area contributed by atoms with Crippen molar-refractivity contribution in [2.24, 2.45) is 5.16 Å². The number of pyridine rings is 1. The number of oxime groups is 1. The Balaban J connectivity index is 1.55. The number of hydrogen-bond donors (Lipinski definition) is 0. The zero-order valence-electron chi connectivity index (χ0n) is 10.2. The molecular formula is C13H16BrN3O. The molecule has 5 heteroatoms. The summed E-state index contributed by atoms with van der Waals surface area (Å²) in [5.41, 5.74) is 1.10. The van der Waals surface area contributed by atoms with Crippen molar-refractivity contribution in [1.29, 1.82) is 0 Å². The Hall–Kier alpha value is -0.940. The van der Waals surface area contributed by atoms with Crippen molar-refractivity contribution in [2.75, 3.05) is 13.1 Å². The maximum atomic E-state index is 5.59. The molecule has 1 saturated heterocycles. The largest absolute Gasteiger partial charge is 0.388 e. The van der Waals surface area contributed by atoms with Gasteiger partial charge in [0, 0.05) is 45.1 Å². The molecular weight excluding hydrogens is 294 g/mol. The van der Waals surface area contributed by atoms with Gasteiger partial charge in [-0.15, -0.1) is 0 Å². The maximum absolute atomic E-state index is 5.59. The van der Waals surface area contributed by atoms with Gasteiger partial charge in [0.05, 0.1) is 5.69 Å². The van der Waals surface area contributed by atoms with Crippen LogP contribution in [0.1, 0.15) is 25.0 Å². The molecule has 0 N–H and O–H groups in total. The number of aromatic nitrogens is 1. The van der Waals surface area contributed by atoms with Gasteiger partial charge in [-0.05, 0) is 28.1 Å². The van der Waals surface area contributed by atoms with Gasteiger partial charge in [-0.25, -0.2) is 0 Å². The van der Waals surface area contributed by atoms with E-state index in [1.165, 1.54) is 0 Å². The molecule has 1 fully saturated rings. The number of piperidine rings is 1. The minimum Gasteiger partial charge on any atom is -0.388 e. The summed E-state index contributed by atoms with van der Waals surface area (Å²) in [6.45, 7) is 3.03. The topological polar surface area (TPSA) is 37.7 Å². The summed E-state index contributed by atoms with van der Waals surface area (Å²) >= 11 is 3.42. The van der Waals surface area contributed by atoms with Gasteiger partial charge in [0.25, 0.3) is 0 Å².